The first-order valence-electron chi connectivity index (χ1n) is 6.03. The fraction of sp³-hybridized carbons (Fsp3) is 1.00. The third-order valence-electron chi connectivity index (χ3n) is 3.75. The number of hydrogen-bond donors (Lipinski definition) is 0. The van der Waals surface area contributed by atoms with Crippen LogP contribution >= 0.6 is 0 Å². The van der Waals surface area contributed by atoms with Crippen molar-refractivity contribution in [3.63, 3.8) is 0 Å². The third-order valence-corrected chi connectivity index (χ3v) is 20.1. The van der Waals surface area contributed by atoms with Gasteiger partial charge in [-0.15, -0.1) is 0 Å². The Hall–Kier alpha value is 0.719. The molecule has 0 aromatic rings. The van der Waals surface area contributed by atoms with Gasteiger partial charge in [-0.25, -0.2) is 0 Å². The molecule has 1 rings (SSSR count). The van der Waals surface area contributed by atoms with Gasteiger partial charge in [-0.3, -0.25) is 0 Å². The second kappa shape index (κ2) is 4.70. The Morgan fingerprint density at radius 2 is 1.29 bits per heavy atom. The van der Waals surface area contributed by atoms with Gasteiger partial charge in [0.1, 0.15) is 0 Å². The minimum atomic E-state index is -2.01. The first-order valence-corrected chi connectivity index (χ1v) is 12.6. The third kappa shape index (κ3) is 1.85. The van der Waals surface area contributed by atoms with Crippen molar-refractivity contribution >= 4 is 18.9 Å². The molecule has 0 aromatic carbocycles. The van der Waals surface area contributed by atoms with E-state index >= 15 is 0 Å². The Bertz CT molecular complexity index is 172. The molecule has 0 atom stereocenters. The monoisotopic (exact) mass is 306 g/mol. The van der Waals surface area contributed by atoms with Crippen LogP contribution in [0.5, 0.6) is 0 Å². The van der Waals surface area contributed by atoms with Gasteiger partial charge in [-0.2, -0.15) is 0 Å². The zero-order valence-corrected chi connectivity index (χ0v) is 13.5. The van der Waals surface area contributed by atoms with Crippen LogP contribution in [0.15, 0.2) is 0 Å². The molecule has 0 aliphatic carbocycles. The van der Waals surface area contributed by atoms with E-state index in [4.69, 9.17) is 0 Å². The predicted octanol–water partition coefficient (Wildman–Crippen LogP) is 2.86. The predicted molar refractivity (Wildman–Crippen MR) is 65.5 cm³/mol. The van der Waals surface area contributed by atoms with E-state index in [9.17, 15) is 0 Å². The van der Waals surface area contributed by atoms with E-state index in [0.29, 0.717) is 0 Å². The fourth-order valence-corrected chi connectivity index (χ4v) is 17.1. The van der Waals surface area contributed by atoms with Crippen LogP contribution in [0.1, 0.15) is 41.5 Å². The summed E-state index contributed by atoms with van der Waals surface area (Å²) in [4.78, 5) is 0. The Morgan fingerprint density at radius 3 is 1.50 bits per heavy atom. The molecule has 2 nitrogen and oxygen atoms in total. The second-order valence-corrected chi connectivity index (χ2v) is 17.9. The molecule has 0 aromatic heterocycles. The van der Waals surface area contributed by atoms with Crippen LogP contribution in [0.2, 0.25) is 8.87 Å². The number of rotatable bonds is 4. The summed E-state index contributed by atoms with van der Waals surface area (Å²) in [6.45, 7) is 15.5. The molecule has 0 spiro atoms. The molecule has 0 N–H and O–H groups in total. The molecule has 0 radical (unpaired) electrons. The summed E-state index contributed by atoms with van der Waals surface area (Å²) in [7, 11) is 0. The Morgan fingerprint density at radius 1 is 0.929 bits per heavy atom. The molecule has 1 aliphatic rings. The maximum absolute atomic E-state index is 2.84. The molecule has 1 heterocycles. The Labute approximate surface area is 94.2 Å². The van der Waals surface area contributed by atoms with Gasteiger partial charge in [0.15, 0.2) is 0 Å². The van der Waals surface area contributed by atoms with E-state index in [-0.39, 0.29) is 0 Å². The molecule has 14 heavy (non-hydrogen) atoms. The molecule has 0 amide bonds. The quantitative estimate of drug-likeness (QED) is 0.737. The minimum absolute atomic E-state index is 0.765. The van der Waals surface area contributed by atoms with Crippen LogP contribution in [-0.2, 0) is 0 Å². The van der Waals surface area contributed by atoms with Crippen molar-refractivity contribution in [3.05, 3.63) is 0 Å². The first kappa shape index (κ1) is 12.8. The zero-order valence-electron chi connectivity index (χ0n) is 10.7. The van der Waals surface area contributed by atoms with Gasteiger partial charge in [0.05, 0.1) is 0 Å². The SMILES string of the molecule is C[CH2][Sn]1([CH2]C)[N](C(C)C)C[N]1C(C)C. The first-order chi connectivity index (χ1) is 6.49. The van der Waals surface area contributed by atoms with Gasteiger partial charge in [0.25, 0.3) is 0 Å². The molecule has 0 unspecified atom stereocenters. The van der Waals surface area contributed by atoms with E-state index in [1.807, 2.05) is 0 Å². The van der Waals surface area contributed by atoms with Crippen molar-refractivity contribution in [1.29, 1.82) is 0 Å². The van der Waals surface area contributed by atoms with Crippen LogP contribution in [0, 0.1) is 0 Å². The Balaban J connectivity index is 2.79. The molecule has 1 saturated heterocycles. The molecule has 0 bridgehead atoms. The Kier molecular flexibility index (Phi) is 4.30. The normalized spacial score (nSPS) is 23.1. The van der Waals surface area contributed by atoms with E-state index in [1.165, 1.54) is 15.5 Å². The molecule has 3 heteroatoms. The van der Waals surface area contributed by atoms with Crippen molar-refractivity contribution in [2.75, 3.05) is 6.67 Å². The molecular weight excluding hydrogens is 279 g/mol. The van der Waals surface area contributed by atoms with Crippen molar-refractivity contribution in [1.82, 2.24) is 6.24 Å². The van der Waals surface area contributed by atoms with Crippen LogP contribution in [0.25, 0.3) is 0 Å². The molecule has 84 valence electrons. The maximum atomic E-state index is 2.84. The van der Waals surface area contributed by atoms with Gasteiger partial charge in [0.2, 0.25) is 0 Å². The van der Waals surface area contributed by atoms with Gasteiger partial charge < -0.3 is 0 Å². The second-order valence-electron chi connectivity index (χ2n) is 4.96. The summed E-state index contributed by atoms with van der Waals surface area (Å²) < 4.78 is 8.58. The standard InChI is InChI=1S/C7H16N2.2C2H5.Sn/c1-6(2)8-5-9-7(3)4;2*1-2;/h6-7H,5H2,1-4H3;2*1H2,2H3;/q-2;;;+2. The summed E-state index contributed by atoms with van der Waals surface area (Å²) in [5.41, 5.74) is 0. The van der Waals surface area contributed by atoms with Crippen LogP contribution in [0.4, 0.5) is 0 Å². The average molecular weight is 305 g/mol. The van der Waals surface area contributed by atoms with Gasteiger partial charge >= 0.3 is 94.3 Å². The van der Waals surface area contributed by atoms with Crippen LogP contribution in [0.3, 0.4) is 0 Å². The zero-order chi connectivity index (χ0) is 10.9. The van der Waals surface area contributed by atoms with Gasteiger partial charge in [-0.05, 0) is 0 Å². The summed E-state index contributed by atoms with van der Waals surface area (Å²) in [6, 6.07) is 1.53. The summed E-state index contributed by atoms with van der Waals surface area (Å²) in [6.07, 6.45) is 0. The van der Waals surface area contributed by atoms with Crippen molar-refractivity contribution in [3.8, 4) is 0 Å². The molecule has 1 fully saturated rings. The fourth-order valence-electron chi connectivity index (χ4n) is 2.86. The summed E-state index contributed by atoms with van der Waals surface area (Å²) in [5.74, 6) is 0. The van der Waals surface area contributed by atoms with E-state index in [0.717, 1.165) is 12.1 Å². The van der Waals surface area contributed by atoms with E-state index < -0.39 is 18.9 Å². The topological polar surface area (TPSA) is 6.48 Å². The van der Waals surface area contributed by atoms with Gasteiger partial charge in [-0.1, -0.05) is 0 Å². The van der Waals surface area contributed by atoms with E-state index in [1.54, 1.807) is 0 Å². The molecular formula is C11H26N2Sn. The van der Waals surface area contributed by atoms with Crippen LogP contribution in [-0.4, -0.2) is 43.9 Å². The number of nitrogens with zero attached hydrogens (tertiary/aromatic N) is 2. The van der Waals surface area contributed by atoms with Crippen molar-refractivity contribution in [2.24, 2.45) is 0 Å². The van der Waals surface area contributed by atoms with Gasteiger partial charge in [0, 0.05) is 0 Å². The summed E-state index contributed by atoms with van der Waals surface area (Å²) >= 11 is -2.01. The summed E-state index contributed by atoms with van der Waals surface area (Å²) in [5, 5.41) is 0. The van der Waals surface area contributed by atoms with Crippen LogP contribution < -0.4 is 0 Å². The van der Waals surface area contributed by atoms with E-state index in [2.05, 4.69) is 47.8 Å². The number of hydrogen-bond acceptors (Lipinski definition) is 2. The van der Waals surface area contributed by atoms with Crippen molar-refractivity contribution < 1.29 is 0 Å². The average Bonchev–Trinajstić information content (AvgIpc) is 2.03. The molecule has 0 saturated carbocycles. The van der Waals surface area contributed by atoms with Crippen molar-refractivity contribution in [2.45, 2.75) is 62.5 Å². The molecule has 1 aliphatic heterocycles.